The minimum Gasteiger partial charge on any atom is -0.480 e. The maximum atomic E-state index is 10.6. The van der Waals surface area contributed by atoms with E-state index in [-0.39, 0.29) is 12.6 Å². The highest BCUT2D eigenvalue weighted by Crippen LogP contribution is 2.37. The number of piperidine rings is 1. The quantitative estimate of drug-likeness (QED) is 0.713. The highest BCUT2D eigenvalue weighted by Gasteiger charge is 2.31. The predicted octanol–water partition coefficient (Wildman–Crippen LogP) is 0.520. The lowest BCUT2D eigenvalue weighted by molar-refractivity contribution is -0.138. The lowest BCUT2D eigenvalue weighted by atomic mass is 9.90. The van der Waals surface area contributed by atoms with Gasteiger partial charge in [0.2, 0.25) is 0 Å². The van der Waals surface area contributed by atoms with Gasteiger partial charge in [-0.05, 0) is 24.7 Å². The van der Waals surface area contributed by atoms with Gasteiger partial charge in [0.15, 0.2) is 0 Å². The van der Waals surface area contributed by atoms with Crippen LogP contribution in [0.2, 0.25) is 0 Å². The van der Waals surface area contributed by atoms with Gasteiger partial charge in [0, 0.05) is 19.1 Å². The van der Waals surface area contributed by atoms with Gasteiger partial charge in [0.1, 0.15) is 0 Å². The fraction of sp³-hybridized carbons (Fsp3) is 0.909. The standard InChI is InChI=1S/C11H20N2O2/c12-10-4-9(3-8-1-2-8)5-13(6-10)7-11(14)15/h8-10H,1-7,12H2,(H,14,15). The molecule has 86 valence electrons. The van der Waals surface area contributed by atoms with Crippen LogP contribution in [0.15, 0.2) is 0 Å². The molecule has 0 bridgehead atoms. The van der Waals surface area contributed by atoms with E-state index in [1.54, 1.807) is 0 Å². The monoisotopic (exact) mass is 212 g/mol. The van der Waals surface area contributed by atoms with E-state index in [0.717, 1.165) is 25.4 Å². The molecule has 1 aliphatic carbocycles. The van der Waals surface area contributed by atoms with Crippen molar-refractivity contribution in [1.29, 1.82) is 0 Å². The third kappa shape index (κ3) is 3.47. The summed E-state index contributed by atoms with van der Waals surface area (Å²) >= 11 is 0. The Hall–Kier alpha value is -0.610. The van der Waals surface area contributed by atoms with Crippen LogP contribution in [0.3, 0.4) is 0 Å². The molecule has 2 unspecified atom stereocenters. The molecule has 1 aliphatic heterocycles. The Kier molecular flexibility index (Phi) is 3.26. The van der Waals surface area contributed by atoms with Crippen molar-refractivity contribution in [2.75, 3.05) is 19.6 Å². The number of hydrogen-bond acceptors (Lipinski definition) is 3. The van der Waals surface area contributed by atoms with Crippen LogP contribution in [0.25, 0.3) is 0 Å². The number of hydrogen-bond donors (Lipinski definition) is 2. The second-order valence-electron chi connectivity index (χ2n) is 5.13. The zero-order valence-electron chi connectivity index (χ0n) is 9.06. The summed E-state index contributed by atoms with van der Waals surface area (Å²) in [7, 11) is 0. The fourth-order valence-corrected chi connectivity index (χ4v) is 2.66. The number of carboxylic acids is 1. The molecule has 0 aromatic heterocycles. The van der Waals surface area contributed by atoms with E-state index >= 15 is 0 Å². The van der Waals surface area contributed by atoms with Crippen LogP contribution in [0.5, 0.6) is 0 Å². The Balaban J connectivity index is 1.82. The third-order valence-electron chi connectivity index (χ3n) is 3.37. The first-order chi connectivity index (χ1) is 7.13. The van der Waals surface area contributed by atoms with E-state index < -0.39 is 5.97 Å². The lowest BCUT2D eigenvalue weighted by Crippen LogP contribution is -2.48. The molecule has 4 heteroatoms. The van der Waals surface area contributed by atoms with Crippen LogP contribution in [0, 0.1) is 11.8 Å². The Bertz CT molecular complexity index is 239. The minimum atomic E-state index is -0.741. The molecular weight excluding hydrogens is 192 g/mol. The minimum absolute atomic E-state index is 0.148. The Morgan fingerprint density at radius 2 is 2.07 bits per heavy atom. The number of likely N-dealkylation sites (tertiary alicyclic amines) is 1. The van der Waals surface area contributed by atoms with Gasteiger partial charge in [-0.2, -0.15) is 0 Å². The van der Waals surface area contributed by atoms with E-state index in [1.165, 1.54) is 19.3 Å². The fourth-order valence-electron chi connectivity index (χ4n) is 2.66. The molecule has 2 aliphatic rings. The smallest absolute Gasteiger partial charge is 0.317 e. The van der Waals surface area contributed by atoms with Crippen molar-refractivity contribution in [2.45, 2.75) is 31.7 Å². The average Bonchev–Trinajstić information content (AvgIpc) is 2.85. The first-order valence-corrected chi connectivity index (χ1v) is 5.83. The van der Waals surface area contributed by atoms with Gasteiger partial charge in [-0.15, -0.1) is 0 Å². The maximum absolute atomic E-state index is 10.6. The molecule has 2 atom stereocenters. The van der Waals surface area contributed by atoms with Crippen molar-refractivity contribution < 1.29 is 9.90 Å². The molecule has 2 rings (SSSR count). The van der Waals surface area contributed by atoms with Gasteiger partial charge in [-0.1, -0.05) is 12.8 Å². The summed E-state index contributed by atoms with van der Waals surface area (Å²) in [5.41, 5.74) is 5.95. The summed E-state index contributed by atoms with van der Waals surface area (Å²) in [5.74, 6) is 0.793. The largest absolute Gasteiger partial charge is 0.480 e. The second-order valence-corrected chi connectivity index (χ2v) is 5.13. The zero-order chi connectivity index (χ0) is 10.8. The first kappa shape index (κ1) is 10.9. The summed E-state index contributed by atoms with van der Waals surface area (Å²) < 4.78 is 0. The number of carbonyl (C=O) groups is 1. The van der Waals surface area contributed by atoms with Crippen molar-refractivity contribution in [3.05, 3.63) is 0 Å². The van der Waals surface area contributed by atoms with E-state index in [4.69, 9.17) is 10.8 Å². The zero-order valence-corrected chi connectivity index (χ0v) is 9.06. The number of rotatable bonds is 4. The molecule has 1 heterocycles. The van der Waals surface area contributed by atoms with Crippen molar-refractivity contribution >= 4 is 5.97 Å². The van der Waals surface area contributed by atoms with Crippen LogP contribution in [-0.2, 0) is 4.79 Å². The van der Waals surface area contributed by atoms with Gasteiger partial charge >= 0.3 is 5.97 Å². The molecule has 4 nitrogen and oxygen atoms in total. The lowest BCUT2D eigenvalue weighted by Gasteiger charge is -2.35. The molecule has 2 fully saturated rings. The predicted molar refractivity (Wildman–Crippen MR) is 57.5 cm³/mol. The normalized spacial score (nSPS) is 32.9. The molecule has 0 spiro atoms. The number of carboxylic acid groups (broad SMARTS) is 1. The SMILES string of the molecule is NC1CC(CC2CC2)CN(CC(=O)O)C1. The number of nitrogens with zero attached hydrogens (tertiary/aromatic N) is 1. The molecule has 1 saturated carbocycles. The average molecular weight is 212 g/mol. The summed E-state index contributed by atoms with van der Waals surface area (Å²) in [4.78, 5) is 12.6. The molecule has 3 N–H and O–H groups in total. The Labute approximate surface area is 90.4 Å². The molecule has 15 heavy (non-hydrogen) atoms. The van der Waals surface area contributed by atoms with E-state index in [2.05, 4.69) is 0 Å². The highest BCUT2D eigenvalue weighted by atomic mass is 16.4. The first-order valence-electron chi connectivity index (χ1n) is 5.83. The Morgan fingerprint density at radius 3 is 2.67 bits per heavy atom. The molecule has 0 aromatic rings. The highest BCUT2D eigenvalue weighted by molar-refractivity contribution is 5.69. The van der Waals surface area contributed by atoms with Crippen molar-refractivity contribution in [3.8, 4) is 0 Å². The van der Waals surface area contributed by atoms with Gasteiger partial charge in [-0.3, -0.25) is 9.69 Å². The topological polar surface area (TPSA) is 66.6 Å². The van der Waals surface area contributed by atoms with Crippen molar-refractivity contribution in [3.63, 3.8) is 0 Å². The molecule has 0 amide bonds. The Morgan fingerprint density at radius 1 is 1.33 bits per heavy atom. The van der Waals surface area contributed by atoms with Crippen LogP contribution in [0.1, 0.15) is 25.7 Å². The van der Waals surface area contributed by atoms with Crippen LogP contribution in [-0.4, -0.2) is 41.7 Å². The summed E-state index contributed by atoms with van der Waals surface area (Å²) in [5, 5.41) is 8.75. The van der Waals surface area contributed by atoms with E-state index in [1.807, 2.05) is 4.90 Å². The summed E-state index contributed by atoms with van der Waals surface area (Å²) in [6.45, 7) is 1.82. The van der Waals surface area contributed by atoms with Gasteiger partial charge in [-0.25, -0.2) is 0 Å². The van der Waals surface area contributed by atoms with Crippen LogP contribution in [0.4, 0.5) is 0 Å². The second kappa shape index (κ2) is 4.49. The van der Waals surface area contributed by atoms with Crippen molar-refractivity contribution in [2.24, 2.45) is 17.6 Å². The third-order valence-corrected chi connectivity index (χ3v) is 3.37. The maximum Gasteiger partial charge on any atom is 0.317 e. The van der Waals surface area contributed by atoms with E-state index in [9.17, 15) is 4.79 Å². The van der Waals surface area contributed by atoms with Gasteiger partial charge in [0.25, 0.3) is 0 Å². The number of aliphatic carboxylic acids is 1. The van der Waals surface area contributed by atoms with Gasteiger partial charge < -0.3 is 10.8 Å². The van der Waals surface area contributed by atoms with Crippen LogP contribution < -0.4 is 5.73 Å². The van der Waals surface area contributed by atoms with E-state index in [0.29, 0.717) is 5.92 Å². The van der Waals surface area contributed by atoms with Crippen LogP contribution >= 0.6 is 0 Å². The number of nitrogens with two attached hydrogens (primary N) is 1. The van der Waals surface area contributed by atoms with Crippen molar-refractivity contribution in [1.82, 2.24) is 4.90 Å². The van der Waals surface area contributed by atoms with Gasteiger partial charge in [0.05, 0.1) is 6.54 Å². The molecule has 0 radical (unpaired) electrons. The molecule has 1 saturated heterocycles. The molecule has 0 aromatic carbocycles. The summed E-state index contributed by atoms with van der Waals surface area (Å²) in [6, 6.07) is 0.168. The molecular formula is C11H20N2O2. The summed E-state index contributed by atoms with van der Waals surface area (Å²) in [6.07, 6.45) is 5.06.